The SMILES string of the molecule is Cc1ccc2c(c1)C(=O)C(=O)N2CCCOc1ccc(C)c(C)c1. The lowest BCUT2D eigenvalue weighted by Gasteiger charge is -2.17. The van der Waals surface area contributed by atoms with Gasteiger partial charge in [-0.25, -0.2) is 0 Å². The molecule has 0 radical (unpaired) electrons. The van der Waals surface area contributed by atoms with Crippen molar-refractivity contribution < 1.29 is 14.3 Å². The fourth-order valence-corrected chi connectivity index (χ4v) is 2.85. The lowest BCUT2D eigenvalue weighted by molar-refractivity contribution is -0.114. The van der Waals surface area contributed by atoms with Crippen molar-refractivity contribution in [2.24, 2.45) is 0 Å². The van der Waals surface area contributed by atoms with Crippen molar-refractivity contribution in [1.29, 1.82) is 0 Å². The molecule has 0 atom stereocenters. The smallest absolute Gasteiger partial charge is 0.299 e. The van der Waals surface area contributed by atoms with Crippen LogP contribution >= 0.6 is 0 Å². The number of aryl methyl sites for hydroxylation is 3. The number of carbonyl (C=O) groups is 2. The van der Waals surface area contributed by atoms with Gasteiger partial charge >= 0.3 is 0 Å². The summed E-state index contributed by atoms with van der Waals surface area (Å²) in [5.74, 6) is -0.0245. The zero-order valence-electron chi connectivity index (χ0n) is 14.3. The summed E-state index contributed by atoms with van der Waals surface area (Å²) in [5.41, 5.74) is 4.62. The molecular formula is C20H21NO3. The molecule has 0 unspecified atom stereocenters. The number of amides is 1. The van der Waals surface area contributed by atoms with Crippen molar-refractivity contribution in [2.45, 2.75) is 27.2 Å². The highest BCUT2D eigenvalue weighted by Crippen LogP contribution is 2.29. The highest BCUT2D eigenvalue weighted by molar-refractivity contribution is 6.52. The molecule has 0 spiro atoms. The van der Waals surface area contributed by atoms with Crippen LogP contribution in [0.1, 0.15) is 33.5 Å². The molecule has 2 aromatic rings. The second-order valence-corrected chi connectivity index (χ2v) is 6.25. The number of rotatable bonds is 5. The van der Waals surface area contributed by atoms with Crippen LogP contribution in [-0.4, -0.2) is 24.8 Å². The van der Waals surface area contributed by atoms with E-state index in [0.717, 1.165) is 11.3 Å². The number of ether oxygens (including phenoxy) is 1. The fraction of sp³-hybridized carbons (Fsp3) is 0.300. The Hall–Kier alpha value is -2.62. The normalized spacial score (nSPS) is 13.4. The summed E-state index contributed by atoms with van der Waals surface area (Å²) in [7, 11) is 0. The van der Waals surface area contributed by atoms with Gasteiger partial charge in [-0.3, -0.25) is 9.59 Å². The van der Waals surface area contributed by atoms with Crippen LogP contribution in [0.5, 0.6) is 5.75 Å². The average Bonchev–Trinajstić information content (AvgIpc) is 2.79. The van der Waals surface area contributed by atoms with Crippen LogP contribution in [0.25, 0.3) is 0 Å². The molecular weight excluding hydrogens is 302 g/mol. The number of hydrogen-bond donors (Lipinski definition) is 0. The summed E-state index contributed by atoms with van der Waals surface area (Å²) in [4.78, 5) is 25.8. The van der Waals surface area contributed by atoms with Gasteiger partial charge in [-0.15, -0.1) is 0 Å². The quantitative estimate of drug-likeness (QED) is 0.624. The van der Waals surface area contributed by atoms with E-state index < -0.39 is 11.7 Å². The van der Waals surface area contributed by atoms with Crippen LogP contribution in [0.2, 0.25) is 0 Å². The van der Waals surface area contributed by atoms with Crippen LogP contribution in [0.4, 0.5) is 5.69 Å². The lowest BCUT2D eigenvalue weighted by atomic mass is 10.1. The van der Waals surface area contributed by atoms with Crippen molar-refractivity contribution in [2.75, 3.05) is 18.1 Å². The molecule has 124 valence electrons. The topological polar surface area (TPSA) is 46.6 Å². The Morgan fingerprint density at radius 1 is 0.958 bits per heavy atom. The average molecular weight is 323 g/mol. The number of benzene rings is 2. The molecule has 2 aromatic carbocycles. The Morgan fingerprint density at radius 2 is 1.75 bits per heavy atom. The highest BCUT2D eigenvalue weighted by atomic mass is 16.5. The van der Waals surface area contributed by atoms with Gasteiger partial charge in [0.25, 0.3) is 11.7 Å². The van der Waals surface area contributed by atoms with Crippen molar-refractivity contribution in [3.63, 3.8) is 0 Å². The molecule has 0 bridgehead atoms. The first kappa shape index (κ1) is 16.2. The molecule has 24 heavy (non-hydrogen) atoms. The molecule has 0 N–H and O–H groups in total. The zero-order chi connectivity index (χ0) is 17.3. The van der Waals surface area contributed by atoms with Gasteiger partial charge in [0, 0.05) is 6.54 Å². The maximum atomic E-state index is 12.2. The minimum absolute atomic E-state index is 0.413. The van der Waals surface area contributed by atoms with Crippen molar-refractivity contribution in [1.82, 2.24) is 0 Å². The third-order valence-corrected chi connectivity index (χ3v) is 4.40. The summed E-state index contributed by atoms with van der Waals surface area (Å²) < 4.78 is 5.75. The number of Topliss-reactive ketones (excluding diaryl/α,β-unsaturated/α-hetero) is 1. The van der Waals surface area contributed by atoms with Crippen LogP contribution < -0.4 is 9.64 Å². The molecule has 1 aliphatic heterocycles. The van der Waals surface area contributed by atoms with Crippen molar-refractivity contribution >= 4 is 17.4 Å². The first-order valence-corrected chi connectivity index (χ1v) is 8.14. The predicted octanol–water partition coefficient (Wildman–Crippen LogP) is 3.61. The van der Waals surface area contributed by atoms with Gasteiger partial charge in [-0.1, -0.05) is 17.7 Å². The van der Waals surface area contributed by atoms with E-state index in [-0.39, 0.29) is 0 Å². The van der Waals surface area contributed by atoms with Gasteiger partial charge in [0.15, 0.2) is 0 Å². The lowest BCUT2D eigenvalue weighted by Crippen LogP contribution is -2.31. The Balaban J connectivity index is 1.60. The maximum Gasteiger partial charge on any atom is 0.299 e. The van der Waals surface area contributed by atoms with E-state index in [1.165, 1.54) is 11.1 Å². The molecule has 3 rings (SSSR count). The van der Waals surface area contributed by atoms with Crippen molar-refractivity contribution in [3.05, 3.63) is 58.7 Å². The summed E-state index contributed by atoms with van der Waals surface area (Å²) in [5, 5.41) is 0. The van der Waals surface area contributed by atoms with E-state index in [1.54, 1.807) is 11.0 Å². The monoisotopic (exact) mass is 323 g/mol. The molecule has 0 saturated heterocycles. The molecule has 0 aromatic heterocycles. The highest BCUT2D eigenvalue weighted by Gasteiger charge is 2.35. The Labute approximate surface area is 142 Å². The second-order valence-electron chi connectivity index (χ2n) is 6.25. The Morgan fingerprint density at radius 3 is 2.50 bits per heavy atom. The number of fused-ring (bicyclic) bond motifs is 1. The third kappa shape index (κ3) is 3.04. The molecule has 1 aliphatic rings. The molecule has 0 aliphatic carbocycles. The van der Waals surface area contributed by atoms with Gasteiger partial charge in [-0.2, -0.15) is 0 Å². The van der Waals surface area contributed by atoms with E-state index in [1.807, 2.05) is 37.3 Å². The zero-order valence-corrected chi connectivity index (χ0v) is 14.3. The molecule has 1 amide bonds. The summed E-state index contributed by atoms with van der Waals surface area (Å²) in [6.45, 7) is 7.01. The van der Waals surface area contributed by atoms with Crippen LogP contribution in [0, 0.1) is 20.8 Å². The Kier molecular flexibility index (Phi) is 4.38. The number of hydrogen-bond acceptors (Lipinski definition) is 3. The third-order valence-electron chi connectivity index (χ3n) is 4.40. The first-order valence-electron chi connectivity index (χ1n) is 8.14. The number of anilines is 1. The maximum absolute atomic E-state index is 12.2. The van der Waals surface area contributed by atoms with Gasteiger partial charge < -0.3 is 9.64 Å². The first-order chi connectivity index (χ1) is 11.5. The predicted molar refractivity (Wildman–Crippen MR) is 93.9 cm³/mol. The fourth-order valence-electron chi connectivity index (χ4n) is 2.85. The van der Waals surface area contributed by atoms with Gasteiger partial charge in [0.1, 0.15) is 5.75 Å². The second kappa shape index (κ2) is 6.48. The van der Waals surface area contributed by atoms with Gasteiger partial charge in [-0.05, 0) is 62.6 Å². The van der Waals surface area contributed by atoms with Crippen LogP contribution in [-0.2, 0) is 4.79 Å². The molecule has 4 heteroatoms. The summed E-state index contributed by atoms with van der Waals surface area (Å²) in [6.07, 6.45) is 0.666. The van der Waals surface area contributed by atoms with Crippen molar-refractivity contribution in [3.8, 4) is 5.75 Å². The Bertz CT molecular complexity index is 811. The molecule has 0 saturated carbocycles. The minimum Gasteiger partial charge on any atom is -0.494 e. The summed E-state index contributed by atoms with van der Waals surface area (Å²) in [6, 6.07) is 11.5. The van der Waals surface area contributed by atoms with Gasteiger partial charge in [0.2, 0.25) is 0 Å². The largest absolute Gasteiger partial charge is 0.494 e. The van der Waals surface area contributed by atoms with E-state index >= 15 is 0 Å². The van der Waals surface area contributed by atoms with E-state index in [2.05, 4.69) is 13.8 Å². The van der Waals surface area contributed by atoms with E-state index in [0.29, 0.717) is 30.8 Å². The number of carbonyl (C=O) groups excluding carboxylic acids is 2. The number of nitrogens with zero attached hydrogens (tertiary/aromatic N) is 1. The molecule has 1 heterocycles. The number of ketones is 1. The standard InChI is InChI=1S/C20H21NO3/c1-13-5-8-18-17(11-13)19(22)20(23)21(18)9-4-10-24-16-7-6-14(2)15(3)12-16/h5-8,11-12H,4,9-10H2,1-3H3. The van der Waals surface area contributed by atoms with Crippen LogP contribution in [0.3, 0.4) is 0 Å². The molecule has 0 fully saturated rings. The minimum atomic E-state index is -0.443. The van der Waals surface area contributed by atoms with E-state index in [4.69, 9.17) is 4.74 Å². The van der Waals surface area contributed by atoms with E-state index in [9.17, 15) is 9.59 Å². The summed E-state index contributed by atoms with van der Waals surface area (Å²) >= 11 is 0. The molecule has 4 nitrogen and oxygen atoms in total. The van der Waals surface area contributed by atoms with Crippen LogP contribution in [0.15, 0.2) is 36.4 Å². The van der Waals surface area contributed by atoms with Gasteiger partial charge in [0.05, 0.1) is 17.9 Å².